The van der Waals surface area contributed by atoms with Crippen molar-refractivity contribution in [1.29, 1.82) is 0 Å². The van der Waals surface area contributed by atoms with Gasteiger partial charge < -0.3 is 0 Å². The number of halogens is 3. The molecule has 17 heavy (non-hydrogen) atoms. The predicted octanol–water partition coefficient (Wildman–Crippen LogP) is 4.74. The summed E-state index contributed by atoms with van der Waals surface area (Å²) in [6.45, 7) is 4.14. The van der Waals surface area contributed by atoms with Crippen LogP contribution in [-0.4, -0.2) is 30.5 Å². The van der Waals surface area contributed by atoms with E-state index in [1.165, 1.54) is 0 Å². The van der Waals surface area contributed by atoms with Gasteiger partial charge in [0.05, 0.1) is 20.6 Å². The van der Waals surface area contributed by atoms with Gasteiger partial charge in [-0.15, -0.1) is 0 Å². The summed E-state index contributed by atoms with van der Waals surface area (Å²) in [7, 11) is 0.186. The first-order valence-electron chi connectivity index (χ1n) is 4.85. The van der Waals surface area contributed by atoms with Gasteiger partial charge >= 0.3 is 0 Å². The first kappa shape index (κ1) is 17.8. The van der Waals surface area contributed by atoms with Crippen molar-refractivity contribution in [2.75, 3.05) is 6.16 Å². The molecule has 1 rings (SSSR count). The molecular weight excluding hydrogens is 292 g/mol. The average molecular weight is 304 g/mol. The molecule has 1 unspecified atom stereocenters. The molecule has 0 aliphatic heterocycles. The molecule has 1 nitrogen and oxygen atoms in total. The molecule has 0 heterocycles. The molecular formula is C11H12Cl3LiOP. The minimum Gasteiger partial charge on any atom is -0.289 e. The second kappa shape index (κ2) is 8.06. The Labute approximate surface area is 131 Å². The van der Waals surface area contributed by atoms with Crippen molar-refractivity contribution in [2.45, 2.75) is 13.8 Å². The van der Waals surface area contributed by atoms with E-state index in [4.69, 9.17) is 34.8 Å². The molecule has 0 saturated heterocycles. The zero-order valence-electron chi connectivity index (χ0n) is 9.98. The van der Waals surface area contributed by atoms with E-state index in [9.17, 15) is 4.79 Å². The zero-order valence-corrected chi connectivity index (χ0v) is 13.2. The van der Waals surface area contributed by atoms with Gasteiger partial charge in [0.1, 0.15) is 0 Å². The Bertz CT molecular complexity index is 410. The fourth-order valence-electron chi connectivity index (χ4n) is 1.12. The Balaban J connectivity index is 0.00000256. The van der Waals surface area contributed by atoms with Crippen LogP contribution in [0.3, 0.4) is 0 Å². The molecule has 0 saturated carbocycles. The third kappa shape index (κ3) is 5.12. The Morgan fingerprint density at radius 2 is 1.76 bits per heavy atom. The summed E-state index contributed by atoms with van der Waals surface area (Å²) in [5.41, 5.74) is 0.334. The van der Waals surface area contributed by atoms with Crippen LogP contribution in [0.1, 0.15) is 24.2 Å². The summed E-state index contributed by atoms with van der Waals surface area (Å²) in [6.07, 6.45) is 0.845. The van der Waals surface area contributed by atoms with E-state index in [2.05, 4.69) is 13.8 Å². The first-order chi connectivity index (χ1) is 7.43. The third-order valence-corrected chi connectivity index (χ3v) is 4.65. The summed E-state index contributed by atoms with van der Waals surface area (Å²) >= 11 is 17.8. The van der Waals surface area contributed by atoms with Crippen LogP contribution in [0.5, 0.6) is 0 Å². The smallest absolute Gasteiger partial charge is 0.184 e. The molecule has 1 aromatic carbocycles. The van der Waals surface area contributed by atoms with Crippen molar-refractivity contribution in [2.24, 2.45) is 5.92 Å². The second-order valence-corrected chi connectivity index (χ2v) is 6.23. The van der Waals surface area contributed by atoms with Gasteiger partial charge in [-0.05, 0) is 32.8 Å². The number of hydrogen-bond acceptors (Lipinski definition) is 1. The van der Waals surface area contributed by atoms with Crippen LogP contribution in [0, 0.1) is 5.92 Å². The molecule has 0 N–H and O–H groups in total. The van der Waals surface area contributed by atoms with Gasteiger partial charge in [-0.2, -0.15) is 0 Å². The quantitative estimate of drug-likeness (QED) is 0.446. The molecule has 1 atom stereocenters. The Hall–Kier alpha value is 0.787. The van der Waals surface area contributed by atoms with E-state index < -0.39 is 0 Å². The maximum atomic E-state index is 11.9. The molecule has 0 bridgehead atoms. The van der Waals surface area contributed by atoms with Gasteiger partial charge in [0.2, 0.25) is 0 Å². The fraction of sp³-hybridized carbons (Fsp3) is 0.364. The van der Waals surface area contributed by atoms with Crippen LogP contribution in [-0.2, 0) is 0 Å². The van der Waals surface area contributed by atoms with E-state index >= 15 is 0 Å². The summed E-state index contributed by atoms with van der Waals surface area (Å²) in [5, 5.41) is 0.995. The molecule has 0 spiro atoms. The topological polar surface area (TPSA) is 17.1 Å². The minimum absolute atomic E-state index is 0. The van der Waals surface area contributed by atoms with Crippen molar-refractivity contribution >= 4 is 67.8 Å². The van der Waals surface area contributed by atoms with Crippen molar-refractivity contribution < 1.29 is 4.79 Å². The van der Waals surface area contributed by atoms with Crippen molar-refractivity contribution in [3.05, 3.63) is 32.8 Å². The summed E-state index contributed by atoms with van der Waals surface area (Å²) in [4.78, 5) is 11.9. The SMILES string of the molecule is CC(C)CPC(=O)c1c(Cl)ccc(Cl)c1Cl.[Li]. The van der Waals surface area contributed by atoms with E-state index in [0.29, 0.717) is 21.5 Å². The average Bonchev–Trinajstić information content (AvgIpc) is 2.21. The standard InChI is InChI=1S/C11H12Cl3OP.Li/c1-6(2)5-16-11(15)9-7(12)3-4-8(13)10(9)14;/h3-4,6,16H,5H2,1-2H3;. The molecule has 0 amide bonds. The Kier molecular flexibility index (Phi) is 8.43. The number of carbonyl (C=O) groups is 1. The van der Waals surface area contributed by atoms with Gasteiger partial charge in [0.15, 0.2) is 5.52 Å². The van der Waals surface area contributed by atoms with E-state index in [1.807, 2.05) is 0 Å². The zero-order chi connectivity index (χ0) is 12.3. The van der Waals surface area contributed by atoms with Gasteiger partial charge in [-0.1, -0.05) is 48.7 Å². The van der Waals surface area contributed by atoms with Gasteiger partial charge in [0, 0.05) is 18.9 Å². The van der Waals surface area contributed by atoms with Crippen molar-refractivity contribution in [3.8, 4) is 0 Å². The van der Waals surface area contributed by atoms with Gasteiger partial charge in [-0.25, -0.2) is 0 Å². The summed E-state index contributed by atoms with van der Waals surface area (Å²) in [5.74, 6) is 0.485. The van der Waals surface area contributed by atoms with E-state index in [-0.39, 0.29) is 38.0 Å². The van der Waals surface area contributed by atoms with E-state index in [1.54, 1.807) is 12.1 Å². The van der Waals surface area contributed by atoms with Crippen LogP contribution in [0.15, 0.2) is 12.1 Å². The molecule has 1 radical (unpaired) electrons. The number of hydrogen-bond donors (Lipinski definition) is 0. The van der Waals surface area contributed by atoms with Crippen LogP contribution in [0.2, 0.25) is 15.1 Å². The van der Waals surface area contributed by atoms with Crippen molar-refractivity contribution in [3.63, 3.8) is 0 Å². The molecule has 0 aromatic heterocycles. The maximum Gasteiger partial charge on any atom is 0.184 e. The van der Waals surface area contributed by atoms with Crippen LogP contribution >= 0.6 is 43.4 Å². The Morgan fingerprint density at radius 3 is 2.29 bits per heavy atom. The molecule has 89 valence electrons. The predicted molar refractivity (Wildman–Crippen MR) is 79.6 cm³/mol. The third-order valence-electron chi connectivity index (χ3n) is 1.94. The number of carbonyl (C=O) groups excluding carboxylic acids is 1. The second-order valence-electron chi connectivity index (χ2n) is 3.82. The van der Waals surface area contributed by atoms with Crippen LogP contribution in [0.4, 0.5) is 0 Å². The number of benzene rings is 1. The molecule has 1 aromatic rings. The van der Waals surface area contributed by atoms with Crippen LogP contribution in [0.25, 0.3) is 0 Å². The van der Waals surface area contributed by atoms with E-state index in [0.717, 1.165) is 6.16 Å². The molecule has 0 fully saturated rings. The summed E-state index contributed by atoms with van der Waals surface area (Å²) in [6, 6.07) is 3.19. The van der Waals surface area contributed by atoms with Gasteiger partial charge in [-0.3, -0.25) is 4.79 Å². The summed E-state index contributed by atoms with van der Waals surface area (Å²) < 4.78 is 0. The van der Waals surface area contributed by atoms with Crippen molar-refractivity contribution in [1.82, 2.24) is 0 Å². The van der Waals surface area contributed by atoms with Gasteiger partial charge in [0.25, 0.3) is 0 Å². The van der Waals surface area contributed by atoms with Crippen LogP contribution < -0.4 is 0 Å². The fourth-order valence-corrected chi connectivity index (χ4v) is 3.01. The number of rotatable bonds is 4. The monoisotopic (exact) mass is 303 g/mol. The molecule has 0 aliphatic carbocycles. The minimum atomic E-state index is -0.0220. The Morgan fingerprint density at radius 1 is 1.24 bits per heavy atom. The maximum absolute atomic E-state index is 11.9. The molecule has 6 heteroatoms. The largest absolute Gasteiger partial charge is 0.289 e. The first-order valence-corrected chi connectivity index (χ1v) is 7.19. The molecule has 0 aliphatic rings. The normalized spacial score (nSPS) is 10.9.